The van der Waals surface area contributed by atoms with E-state index in [0.717, 1.165) is 20.9 Å². The number of thiazole rings is 1. The van der Waals surface area contributed by atoms with Gasteiger partial charge in [0.15, 0.2) is 0 Å². The van der Waals surface area contributed by atoms with E-state index in [-0.39, 0.29) is 0 Å². The van der Waals surface area contributed by atoms with E-state index in [1.54, 1.807) is 20.0 Å². The molecule has 8 nitrogen and oxygen atoms in total. The van der Waals surface area contributed by atoms with Crippen LogP contribution >= 0.6 is 11.3 Å². The molecule has 1 aliphatic carbocycles. The van der Waals surface area contributed by atoms with E-state index in [2.05, 4.69) is 15.6 Å². The lowest BCUT2D eigenvalue weighted by Crippen LogP contribution is -2.40. The van der Waals surface area contributed by atoms with Crippen LogP contribution < -0.4 is 10.6 Å². The van der Waals surface area contributed by atoms with Gasteiger partial charge in [0.1, 0.15) is 16.9 Å². The number of fused-ring (bicyclic) bond motifs is 1. The highest BCUT2D eigenvalue weighted by Crippen LogP contribution is 2.39. The van der Waals surface area contributed by atoms with E-state index in [1.165, 1.54) is 11.3 Å². The van der Waals surface area contributed by atoms with Gasteiger partial charge in [-0.2, -0.15) is 4.98 Å². The molecule has 2 aromatic carbocycles. The van der Waals surface area contributed by atoms with Crippen LogP contribution in [0, 0.1) is 5.92 Å². The first-order valence-corrected chi connectivity index (χ1v) is 12.0. The van der Waals surface area contributed by atoms with Gasteiger partial charge >= 0.3 is 0 Å². The highest BCUT2D eigenvalue weighted by molar-refractivity contribution is 7.21. The van der Waals surface area contributed by atoms with Gasteiger partial charge in [-0.15, -0.1) is 11.3 Å². The fourth-order valence-electron chi connectivity index (χ4n) is 4.40. The standard InChI is InChI=1S/C25H27N5O3S/c1-25(2,33)16-12-18(21(32)20(16)31)28-22-15(23-29-17-10-6-7-11-19(17)34-23)13-26-24(30-22)27-14-8-4-3-5-9-14/h3-11,13,16,18,20-21,31-33H,12H2,1-2H3,(H2,26,27,28,30)/t16-,18+,20+,21-/m0/s1. The third-order valence-corrected chi connectivity index (χ3v) is 7.32. The minimum atomic E-state index is -1.13. The monoisotopic (exact) mass is 477 g/mol. The fraction of sp³-hybridized carbons (Fsp3) is 0.320. The van der Waals surface area contributed by atoms with Crippen molar-refractivity contribution >= 4 is 39.0 Å². The Morgan fingerprint density at radius 2 is 1.71 bits per heavy atom. The zero-order chi connectivity index (χ0) is 23.9. The predicted molar refractivity (Wildman–Crippen MR) is 134 cm³/mol. The minimum absolute atomic E-state index is 0.385. The number of anilines is 3. The molecule has 2 aromatic heterocycles. The summed E-state index contributed by atoms with van der Waals surface area (Å²) in [5, 5.41) is 39.0. The summed E-state index contributed by atoms with van der Waals surface area (Å²) >= 11 is 1.54. The van der Waals surface area contributed by atoms with Crippen molar-refractivity contribution < 1.29 is 15.3 Å². The first-order valence-electron chi connectivity index (χ1n) is 11.2. The summed E-state index contributed by atoms with van der Waals surface area (Å²) in [5.74, 6) is 0.417. The number of aromatic nitrogens is 3. The molecule has 34 heavy (non-hydrogen) atoms. The van der Waals surface area contributed by atoms with Crippen LogP contribution in [0.2, 0.25) is 0 Å². The second kappa shape index (κ2) is 8.92. The number of aliphatic hydroxyl groups excluding tert-OH is 2. The lowest BCUT2D eigenvalue weighted by molar-refractivity contribution is -0.0601. The molecule has 9 heteroatoms. The van der Waals surface area contributed by atoms with Crippen molar-refractivity contribution in [2.75, 3.05) is 10.6 Å². The summed E-state index contributed by atoms with van der Waals surface area (Å²) in [6, 6.07) is 17.0. The number of aliphatic hydroxyl groups is 3. The van der Waals surface area contributed by atoms with Gasteiger partial charge in [-0.25, -0.2) is 9.97 Å². The summed E-state index contributed by atoms with van der Waals surface area (Å²) < 4.78 is 1.05. The van der Waals surface area contributed by atoms with Gasteiger partial charge in [0, 0.05) is 17.8 Å². The van der Waals surface area contributed by atoms with Gasteiger partial charge in [0.2, 0.25) is 5.95 Å². The second-order valence-corrected chi connectivity index (χ2v) is 10.2. The average molecular weight is 478 g/mol. The van der Waals surface area contributed by atoms with Crippen molar-refractivity contribution in [1.82, 2.24) is 15.0 Å². The molecular weight excluding hydrogens is 450 g/mol. The van der Waals surface area contributed by atoms with E-state index < -0.39 is 29.8 Å². The summed E-state index contributed by atoms with van der Waals surface area (Å²) in [7, 11) is 0. The first kappa shape index (κ1) is 22.7. The molecule has 0 amide bonds. The number of hydrogen-bond donors (Lipinski definition) is 5. The average Bonchev–Trinajstić information content (AvgIpc) is 3.36. The summed E-state index contributed by atoms with van der Waals surface area (Å²) in [5.41, 5.74) is 1.31. The molecule has 0 radical (unpaired) electrons. The third kappa shape index (κ3) is 4.47. The molecule has 5 rings (SSSR count). The van der Waals surface area contributed by atoms with E-state index in [0.29, 0.717) is 23.8 Å². The number of benzene rings is 2. The molecule has 2 heterocycles. The highest BCUT2D eigenvalue weighted by atomic mass is 32.1. The van der Waals surface area contributed by atoms with Crippen LogP contribution in [-0.2, 0) is 0 Å². The maximum absolute atomic E-state index is 10.7. The fourth-order valence-corrected chi connectivity index (χ4v) is 5.38. The third-order valence-electron chi connectivity index (χ3n) is 6.25. The first-order chi connectivity index (χ1) is 16.3. The van der Waals surface area contributed by atoms with Gasteiger partial charge in [-0.1, -0.05) is 30.3 Å². The quantitative estimate of drug-likeness (QED) is 0.284. The molecule has 176 valence electrons. The normalized spacial score (nSPS) is 22.7. The highest BCUT2D eigenvalue weighted by Gasteiger charge is 2.47. The summed E-state index contributed by atoms with van der Waals surface area (Å²) in [6.07, 6.45) is -0.00703. The van der Waals surface area contributed by atoms with E-state index >= 15 is 0 Å². The smallest absolute Gasteiger partial charge is 0.229 e. The van der Waals surface area contributed by atoms with Crippen molar-refractivity contribution in [3.8, 4) is 10.6 Å². The Morgan fingerprint density at radius 1 is 0.971 bits per heavy atom. The maximum Gasteiger partial charge on any atom is 0.229 e. The van der Waals surface area contributed by atoms with E-state index in [9.17, 15) is 15.3 Å². The molecule has 1 saturated carbocycles. The molecule has 1 fully saturated rings. The molecule has 0 bridgehead atoms. The van der Waals surface area contributed by atoms with Crippen molar-refractivity contribution in [3.63, 3.8) is 0 Å². The molecule has 0 unspecified atom stereocenters. The lowest BCUT2D eigenvalue weighted by Gasteiger charge is -2.28. The summed E-state index contributed by atoms with van der Waals surface area (Å²) in [6.45, 7) is 3.30. The van der Waals surface area contributed by atoms with Crippen LogP contribution in [0.15, 0.2) is 60.8 Å². The van der Waals surface area contributed by atoms with Crippen molar-refractivity contribution in [1.29, 1.82) is 0 Å². The number of para-hydroxylation sites is 2. The zero-order valence-corrected chi connectivity index (χ0v) is 19.7. The van der Waals surface area contributed by atoms with Crippen LogP contribution in [0.1, 0.15) is 20.3 Å². The SMILES string of the molecule is CC(C)(O)[C@H]1C[C@@H](Nc2nc(Nc3ccccc3)ncc2-c2nc3ccccc3s2)[C@H](O)[C@@H]1O. The predicted octanol–water partition coefficient (Wildman–Crippen LogP) is 3.79. The van der Waals surface area contributed by atoms with Gasteiger partial charge in [0.25, 0.3) is 0 Å². The van der Waals surface area contributed by atoms with E-state index in [4.69, 9.17) is 9.97 Å². The lowest BCUT2D eigenvalue weighted by atomic mass is 9.88. The Morgan fingerprint density at radius 3 is 2.41 bits per heavy atom. The van der Waals surface area contributed by atoms with E-state index in [1.807, 2.05) is 54.6 Å². The molecule has 4 atom stereocenters. The van der Waals surface area contributed by atoms with Gasteiger partial charge in [-0.3, -0.25) is 0 Å². The van der Waals surface area contributed by atoms with Crippen LogP contribution in [0.4, 0.5) is 17.5 Å². The Labute approximate surface area is 201 Å². The van der Waals surface area contributed by atoms with Gasteiger partial charge in [0.05, 0.1) is 33.5 Å². The van der Waals surface area contributed by atoms with Crippen LogP contribution in [-0.4, -0.2) is 54.1 Å². The summed E-state index contributed by atoms with van der Waals surface area (Å²) in [4.78, 5) is 13.9. The largest absolute Gasteiger partial charge is 0.390 e. The van der Waals surface area contributed by atoms with Crippen LogP contribution in [0.25, 0.3) is 20.8 Å². The molecule has 5 N–H and O–H groups in total. The van der Waals surface area contributed by atoms with Gasteiger partial charge < -0.3 is 26.0 Å². The van der Waals surface area contributed by atoms with Crippen LogP contribution in [0.5, 0.6) is 0 Å². The molecule has 0 saturated heterocycles. The molecule has 0 aliphatic heterocycles. The number of nitrogens with zero attached hydrogens (tertiary/aromatic N) is 3. The Bertz CT molecular complexity index is 1260. The topological polar surface area (TPSA) is 123 Å². The molecule has 0 spiro atoms. The number of nitrogens with one attached hydrogen (secondary N) is 2. The van der Waals surface area contributed by atoms with Crippen molar-refractivity contribution in [2.24, 2.45) is 5.92 Å². The maximum atomic E-state index is 10.7. The Hall–Kier alpha value is -3.11. The second-order valence-electron chi connectivity index (χ2n) is 9.16. The number of rotatable bonds is 6. The number of hydrogen-bond acceptors (Lipinski definition) is 9. The molecule has 4 aromatic rings. The molecule has 1 aliphatic rings. The minimum Gasteiger partial charge on any atom is -0.390 e. The van der Waals surface area contributed by atoms with Crippen molar-refractivity contribution in [3.05, 3.63) is 60.8 Å². The molecular formula is C25H27N5O3S. The zero-order valence-electron chi connectivity index (χ0n) is 18.9. The Balaban J connectivity index is 1.51. The Kier molecular flexibility index (Phi) is 5.95. The van der Waals surface area contributed by atoms with Crippen LogP contribution in [0.3, 0.4) is 0 Å². The van der Waals surface area contributed by atoms with Crippen molar-refractivity contribution in [2.45, 2.75) is 44.1 Å². The van der Waals surface area contributed by atoms with Gasteiger partial charge in [-0.05, 0) is 44.5 Å².